The van der Waals surface area contributed by atoms with Crippen LogP contribution in [0.5, 0.6) is 0 Å². The summed E-state index contributed by atoms with van der Waals surface area (Å²) in [5, 5.41) is 8.22. The summed E-state index contributed by atoms with van der Waals surface area (Å²) in [5.74, 6) is 1.52. The average molecular weight is 643 g/mol. The summed E-state index contributed by atoms with van der Waals surface area (Å²) in [6.07, 6.45) is -0.453. The first kappa shape index (κ1) is 28.3. The van der Waals surface area contributed by atoms with E-state index in [1.165, 1.54) is 21.8 Å². The number of fused-ring (bicyclic) bond motifs is 6. The number of hydrogen-bond donors (Lipinski definition) is 1. The lowest BCUT2D eigenvalue weighted by Gasteiger charge is -2.23. The number of nitrogens with one attached hydrogen (secondary N) is 1. The van der Waals surface area contributed by atoms with E-state index >= 15 is 0 Å². The van der Waals surface area contributed by atoms with Gasteiger partial charge in [0.25, 0.3) is 0 Å². The van der Waals surface area contributed by atoms with Crippen LogP contribution in [0.3, 0.4) is 0 Å². The van der Waals surface area contributed by atoms with Gasteiger partial charge in [0.1, 0.15) is 22.8 Å². The van der Waals surface area contributed by atoms with E-state index in [1.54, 1.807) is 0 Å². The molecule has 0 aliphatic carbocycles. The molecule has 0 radical (unpaired) electrons. The molecule has 5 nitrogen and oxygen atoms in total. The highest BCUT2D eigenvalue weighted by Gasteiger charge is 2.23. The van der Waals surface area contributed by atoms with E-state index in [0.29, 0.717) is 0 Å². The summed E-state index contributed by atoms with van der Waals surface area (Å²) in [7, 11) is 0. The Balaban J connectivity index is 1.10. The van der Waals surface area contributed by atoms with E-state index in [1.807, 2.05) is 30.3 Å². The third-order valence-electron chi connectivity index (χ3n) is 9.65. The van der Waals surface area contributed by atoms with Crippen molar-refractivity contribution in [1.29, 1.82) is 0 Å². The van der Waals surface area contributed by atoms with E-state index in [9.17, 15) is 0 Å². The summed E-state index contributed by atoms with van der Waals surface area (Å²) in [4.78, 5) is 10.4. The molecule has 5 heteroatoms. The molecule has 0 spiro atoms. The van der Waals surface area contributed by atoms with Crippen LogP contribution in [0.4, 0.5) is 0 Å². The van der Waals surface area contributed by atoms with Gasteiger partial charge in [-0.3, -0.25) is 0 Å². The minimum atomic E-state index is -0.453. The van der Waals surface area contributed by atoms with Gasteiger partial charge >= 0.3 is 0 Å². The van der Waals surface area contributed by atoms with Gasteiger partial charge in [0.2, 0.25) is 0 Å². The predicted octanol–water partition coefficient (Wildman–Crippen LogP) is 10.8. The Morgan fingerprint density at radius 1 is 0.480 bits per heavy atom. The Bertz CT molecular complexity index is 2740. The van der Waals surface area contributed by atoms with Crippen molar-refractivity contribution in [2.75, 3.05) is 0 Å². The van der Waals surface area contributed by atoms with E-state index < -0.39 is 6.17 Å². The lowest BCUT2D eigenvalue weighted by Crippen LogP contribution is -2.36. The van der Waals surface area contributed by atoms with Crippen LogP contribution in [-0.2, 0) is 0 Å². The van der Waals surface area contributed by atoms with Gasteiger partial charge in [0.15, 0.2) is 6.17 Å². The van der Waals surface area contributed by atoms with Gasteiger partial charge in [-0.1, -0.05) is 127 Å². The van der Waals surface area contributed by atoms with Crippen molar-refractivity contribution < 1.29 is 4.42 Å². The second-order valence-electron chi connectivity index (χ2n) is 12.6. The highest BCUT2D eigenvalue weighted by molar-refractivity contribution is 6.18. The molecule has 0 bridgehead atoms. The predicted molar refractivity (Wildman–Crippen MR) is 205 cm³/mol. The SMILES string of the molecule is c1ccc(C2=NC(c3cccc(-n4c5ccccc5c5ccccc54)c3)N=C(c3ccc4c(c3)oc3cccc(-c5ccccc5)c34)N2)cc1. The van der Waals surface area contributed by atoms with Crippen molar-refractivity contribution in [2.24, 2.45) is 9.98 Å². The molecule has 3 heterocycles. The van der Waals surface area contributed by atoms with E-state index in [4.69, 9.17) is 14.4 Å². The van der Waals surface area contributed by atoms with Crippen molar-refractivity contribution in [3.8, 4) is 16.8 Å². The highest BCUT2D eigenvalue weighted by Crippen LogP contribution is 2.38. The first-order valence-electron chi connectivity index (χ1n) is 16.9. The third-order valence-corrected chi connectivity index (χ3v) is 9.65. The molecule has 7 aromatic carbocycles. The minimum absolute atomic E-state index is 0.453. The summed E-state index contributed by atoms with van der Waals surface area (Å²) in [6, 6.07) is 59.1. The highest BCUT2D eigenvalue weighted by atomic mass is 16.3. The molecule has 1 unspecified atom stereocenters. The Kier molecular flexibility index (Phi) is 6.49. The largest absolute Gasteiger partial charge is 0.456 e. The molecule has 1 N–H and O–H groups in total. The topological polar surface area (TPSA) is 54.8 Å². The van der Waals surface area contributed by atoms with Crippen LogP contribution in [0.25, 0.3) is 60.6 Å². The minimum Gasteiger partial charge on any atom is -0.456 e. The second kappa shape index (κ2) is 11.5. The smallest absolute Gasteiger partial charge is 0.169 e. The van der Waals surface area contributed by atoms with Crippen molar-refractivity contribution in [1.82, 2.24) is 9.88 Å². The van der Waals surface area contributed by atoms with Crippen LogP contribution in [0.1, 0.15) is 22.9 Å². The first-order chi connectivity index (χ1) is 24.8. The molecular weight excluding hydrogens is 613 g/mol. The van der Waals surface area contributed by atoms with E-state index in [-0.39, 0.29) is 0 Å². The fraction of sp³-hybridized carbons (Fsp3) is 0.0222. The monoisotopic (exact) mass is 642 g/mol. The number of furan rings is 1. The van der Waals surface area contributed by atoms with Crippen LogP contribution < -0.4 is 5.32 Å². The average Bonchev–Trinajstić information content (AvgIpc) is 3.74. The Morgan fingerprint density at radius 2 is 1.12 bits per heavy atom. The maximum atomic E-state index is 6.48. The van der Waals surface area contributed by atoms with Crippen LogP contribution in [-0.4, -0.2) is 16.2 Å². The fourth-order valence-electron chi connectivity index (χ4n) is 7.35. The van der Waals surface area contributed by atoms with Gasteiger partial charge in [0.05, 0.1) is 11.0 Å². The van der Waals surface area contributed by atoms with Gasteiger partial charge < -0.3 is 14.3 Å². The maximum Gasteiger partial charge on any atom is 0.169 e. The summed E-state index contributed by atoms with van der Waals surface area (Å²) in [6.45, 7) is 0. The molecule has 0 saturated carbocycles. The van der Waals surface area contributed by atoms with Gasteiger partial charge in [-0.2, -0.15) is 0 Å². The number of aromatic nitrogens is 1. The lowest BCUT2D eigenvalue weighted by atomic mass is 9.99. The quantitative estimate of drug-likeness (QED) is 0.203. The zero-order valence-corrected chi connectivity index (χ0v) is 27.0. The van der Waals surface area contributed by atoms with Crippen molar-refractivity contribution in [2.45, 2.75) is 6.17 Å². The van der Waals surface area contributed by atoms with Gasteiger partial charge in [-0.25, -0.2) is 9.98 Å². The summed E-state index contributed by atoms with van der Waals surface area (Å²) in [5.41, 5.74) is 10.4. The van der Waals surface area contributed by atoms with Crippen LogP contribution in [0.2, 0.25) is 0 Å². The lowest BCUT2D eigenvalue weighted by molar-refractivity contribution is 0.669. The summed E-state index contributed by atoms with van der Waals surface area (Å²) < 4.78 is 8.81. The zero-order chi connectivity index (χ0) is 33.0. The number of amidine groups is 2. The number of rotatable bonds is 5. The second-order valence-corrected chi connectivity index (χ2v) is 12.6. The van der Waals surface area contributed by atoms with Gasteiger partial charge in [0, 0.05) is 43.9 Å². The number of benzene rings is 7. The zero-order valence-electron chi connectivity index (χ0n) is 27.0. The molecule has 50 heavy (non-hydrogen) atoms. The number of aliphatic imine (C=N–C) groups is 2. The third kappa shape index (κ3) is 4.63. The molecule has 10 rings (SSSR count). The standard InChI is InChI=1S/C45H30N4O/c1-3-13-29(14-4-1)34-21-12-24-40-42(34)37-26-25-32(28-41(37)50-40)45-47-43(30-15-5-2-6-16-30)46-44(48-45)31-17-11-18-33(27-31)49-38-22-9-7-19-35(38)36-20-8-10-23-39(36)49/h1-28,44H,(H,46,47,48). The molecule has 9 aromatic rings. The van der Waals surface area contributed by atoms with Crippen LogP contribution in [0, 0.1) is 0 Å². The van der Waals surface area contributed by atoms with E-state index in [2.05, 4.69) is 149 Å². The molecular formula is C45H30N4O. The van der Waals surface area contributed by atoms with Crippen LogP contribution >= 0.6 is 0 Å². The maximum absolute atomic E-state index is 6.48. The summed E-state index contributed by atoms with van der Waals surface area (Å²) >= 11 is 0. The van der Waals surface area contributed by atoms with E-state index in [0.717, 1.165) is 67.1 Å². The number of hydrogen-bond acceptors (Lipinski definition) is 4. The van der Waals surface area contributed by atoms with Crippen LogP contribution in [0.15, 0.2) is 184 Å². The van der Waals surface area contributed by atoms with Gasteiger partial charge in [-0.15, -0.1) is 0 Å². The Hall–Kier alpha value is -6.72. The molecule has 1 aliphatic rings. The molecule has 1 aliphatic heterocycles. The van der Waals surface area contributed by atoms with Crippen molar-refractivity contribution >= 4 is 55.4 Å². The number of nitrogens with zero attached hydrogens (tertiary/aromatic N) is 3. The fourth-order valence-corrected chi connectivity index (χ4v) is 7.35. The molecule has 0 fully saturated rings. The Morgan fingerprint density at radius 3 is 1.86 bits per heavy atom. The van der Waals surface area contributed by atoms with Gasteiger partial charge in [-0.05, 0) is 53.6 Å². The number of para-hydroxylation sites is 2. The molecule has 236 valence electrons. The normalized spacial score (nSPS) is 14.6. The Labute approximate surface area is 288 Å². The molecule has 0 saturated heterocycles. The first-order valence-corrected chi connectivity index (χ1v) is 16.9. The molecule has 2 aromatic heterocycles. The van der Waals surface area contributed by atoms with Crippen molar-refractivity contribution in [3.63, 3.8) is 0 Å². The van der Waals surface area contributed by atoms with Crippen molar-refractivity contribution in [3.05, 3.63) is 187 Å². The molecule has 0 amide bonds. The molecule has 1 atom stereocenters.